The Hall–Kier alpha value is -1.61. The van der Waals surface area contributed by atoms with Crippen LogP contribution in [0.25, 0.3) is 0 Å². The van der Waals surface area contributed by atoms with Gasteiger partial charge in [0.2, 0.25) is 5.60 Å². The van der Waals surface area contributed by atoms with Gasteiger partial charge in [-0.15, -0.1) is 0 Å². The smallest absolute Gasteiger partial charge is 0.429 e. The lowest BCUT2D eigenvalue weighted by Crippen LogP contribution is -2.51. The molecule has 1 aromatic rings. The standard InChI is InChI=1S/C11H11F3O5S/c1-10(11(12,13)14,7-20(16,17)18)19-9(15)8-5-3-2-4-6-8/h2-6H,7H2,1H3,(H,16,17,18). The predicted molar refractivity (Wildman–Crippen MR) is 62.7 cm³/mol. The van der Waals surface area contributed by atoms with Gasteiger partial charge in [0.1, 0.15) is 5.75 Å². The van der Waals surface area contributed by atoms with Crippen molar-refractivity contribution in [2.45, 2.75) is 18.7 Å². The lowest BCUT2D eigenvalue weighted by atomic mass is 10.1. The van der Waals surface area contributed by atoms with Crippen LogP contribution in [-0.2, 0) is 14.9 Å². The molecular formula is C11H11F3O5S. The molecule has 0 aliphatic rings. The molecule has 1 rings (SSSR count). The molecule has 0 spiro atoms. The highest BCUT2D eigenvalue weighted by Crippen LogP contribution is 2.35. The molecule has 0 bridgehead atoms. The summed E-state index contributed by atoms with van der Waals surface area (Å²) in [4.78, 5) is 11.6. The van der Waals surface area contributed by atoms with Crippen molar-refractivity contribution in [2.75, 3.05) is 5.75 Å². The van der Waals surface area contributed by atoms with E-state index in [4.69, 9.17) is 4.55 Å². The van der Waals surface area contributed by atoms with Crippen molar-refractivity contribution in [1.29, 1.82) is 0 Å². The van der Waals surface area contributed by atoms with E-state index in [-0.39, 0.29) is 5.56 Å². The summed E-state index contributed by atoms with van der Waals surface area (Å²) in [7, 11) is -4.99. The number of benzene rings is 1. The van der Waals surface area contributed by atoms with Crippen molar-refractivity contribution >= 4 is 16.1 Å². The molecule has 20 heavy (non-hydrogen) atoms. The summed E-state index contributed by atoms with van der Waals surface area (Å²) in [5.41, 5.74) is -3.51. The van der Waals surface area contributed by atoms with Crippen LogP contribution in [-0.4, -0.2) is 36.5 Å². The van der Waals surface area contributed by atoms with E-state index in [1.165, 1.54) is 30.3 Å². The van der Waals surface area contributed by atoms with Crippen LogP contribution in [0.4, 0.5) is 13.2 Å². The van der Waals surface area contributed by atoms with Crippen molar-refractivity contribution in [3.63, 3.8) is 0 Å². The summed E-state index contributed by atoms with van der Waals surface area (Å²) in [5.74, 6) is -3.11. The Balaban J connectivity index is 3.06. The van der Waals surface area contributed by atoms with E-state index < -0.39 is 33.6 Å². The molecule has 5 nitrogen and oxygen atoms in total. The van der Waals surface area contributed by atoms with Crippen LogP contribution in [0, 0.1) is 0 Å². The first-order chi connectivity index (χ1) is 8.95. The van der Waals surface area contributed by atoms with Gasteiger partial charge in [0, 0.05) is 0 Å². The van der Waals surface area contributed by atoms with E-state index in [1.54, 1.807) is 0 Å². The van der Waals surface area contributed by atoms with Gasteiger partial charge in [0.05, 0.1) is 5.56 Å². The first kappa shape index (κ1) is 16.4. The van der Waals surface area contributed by atoms with Crippen molar-refractivity contribution < 1.29 is 35.7 Å². The Morgan fingerprint density at radius 3 is 2.15 bits per heavy atom. The second-order valence-electron chi connectivity index (χ2n) is 4.21. The third kappa shape index (κ3) is 4.20. The topological polar surface area (TPSA) is 80.7 Å². The van der Waals surface area contributed by atoms with Crippen LogP contribution in [0.2, 0.25) is 0 Å². The molecule has 0 amide bonds. The largest absolute Gasteiger partial charge is 0.445 e. The minimum atomic E-state index is -5.16. The van der Waals surface area contributed by atoms with Gasteiger partial charge in [-0.3, -0.25) is 4.55 Å². The highest BCUT2D eigenvalue weighted by Gasteiger charge is 2.57. The Labute approximate surface area is 113 Å². The number of alkyl halides is 3. The zero-order valence-electron chi connectivity index (χ0n) is 10.2. The molecule has 0 saturated carbocycles. The van der Waals surface area contributed by atoms with E-state index in [9.17, 15) is 26.4 Å². The van der Waals surface area contributed by atoms with Gasteiger partial charge in [0.25, 0.3) is 10.1 Å². The van der Waals surface area contributed by atoms with E-state index in [0.717, 1.165) is 0 Å². The number of hydrogen-bond donors (Lipinski definition) is 1. The van der Waals surface area contributed by atoms with Crippen molar-refractivity contribution in [1.82, 2.24) is 0 Å². The van der Waals surface area contributed by atoms with Crippen LogP contribution in [0.3, 0.4) is 0 Å². The molecule has 0 heterocycles. The van der Waals surface area contributed by atoms with Crippen LogP contribution in [0.1, 0.15) is 17.3 Å². The summed E-state index contributed by atoms with van der Waals surface area (Å²) >= 11 is 0. The zero-order chi connectivity index (χ0) is 15.6. The predicted octanol–water partition coefficient (Wildman–Crippen LogP) is 2.05. The maximum absolute atomic E-state index is 12.9. The molecule has 1 N–H and O–H groups in total. The summed E-state index contributed by atoms with van der Waals surface area (Å²) in [6.45, 7) is 0.377. The normalized spacial score (nSPS) is 15.4. The average molecular weight is 312 g/mol. The van der Waals surface area contributed by atoms with E-state index in [1.807, 2.05) is 0 Å². The number of hydrogen-bond acceptors (Lipinski definition) is 4. The molecule has 1 unspecified atom stereocenters. The minimum absolute atomic E-state index is 0.168. The fraction of sp³-hybridized carbons (Fsp3) is 0.364. The molecule has 0 fully saturated rings. The first-order valence-electron chi connectivity index (χ1n) is 5.25. The maximum Gasteiger partial charge on any atom is 0.429 e. The Kier molecular flexibility index (Phi) is 4.45. The monoisotopic (exact) mass is 312 g/mol. The van der Waals surface area contributed by atoms with Gasteiger partial charge < -0.3 is 4.74 Å². The van der Waals surface area contributed by atoms with Crippen LogP contribution in [0.15, 0.2) is 30.3 Å². The molecule has 0 aliphatic heterocycles. The number of carbonyl (C=O) groups excluding carboxylic acids is 1. The number of carbonyl (C=O) groups is 1. The molecule has 0 radical (unpaired) electrons. The summed E-state index contributed by atoms with van der Waals surface area (Å²) in [6.07, 6.45) is -5.16. The van der Waals surface area contributed by atoms with Gasteiger partial charge in [-0.25, -0.2) is 4.79 Å². The van der Waals surface area contributed by atoms with Crippen molar-refractivity contribution in [2.24, 2.45) is 0 Å². The molecule has 1 atom stereocenters. The molecule has 0 saturated heterocycles. The molecule has 0 aliphatic carbocycles. The Morgan fingerprint density at radius 1 is 1.25 bits per heavy atom. The highest BCUT2D eigenvalue weighted by molar-refractivity contribution is 7.85. The van der Waals surface area contributed by atoms with Gasteiger partial charge >= 0.3 is 12.1 Å². The van der Waals surface area contributed by atoms with Gasteiger partial charge in [0.15, 0.2) is 0 Å². The zero-order valence-corrected chi connectivity index (χ0v) is 11.0. The minimum Gasteiger partial charge on any atom is -0.445 e. The highest BCUT2D eigenvalue weighted by atomic mass is 32.2. The summed E-state index contributed by atoms with van der Waals surface area (Å²) in [6, 6.07) is 6.78. The molecule has 9 heteroatoms. The summed E-state index contributed by atoms with van der Waals surface area (Å²) in [5, 5.41) is 0. The second kappa shape index (κ2) is 5.41. The van der Waals surface area contributed by atoms with Gasteiger partial charge in [-0.1, -0.05) is 18.2 Å². The number of halogens is 3. The van der Waals surface area contributed by atoms with E-state index >= 15 is 0 Å². The number of esters is 1. The Morgan fingerprint density at radius 2 is 1.75 bits per heavy atom. The fourth-order valence-corrected chi connectivity index (χ4v) is 2.27. The number of rotatable bonds is 4. The van der Waals surface area contributed by atoms with Crippen molar-refractivity contribution in [3.8, 4) is 0 Å². The number of ether oxygens (including phenoxy) is 1. The SMILES string of the molecule is CC(CS(=O)(=O)O)(OC(=O)c1ccccc1)C(F)(F)F. The van der Waals surface area contributed by atoms with Crippen LogP contribution < -0.4 is 0 Å². The second-order valence-corrected chi connectivity index (χ2v) is 5.66. The lowest BCUT2D eigenvalue weighted by Gasteiger charge is -2.30. The van der Waals surface area contributed by atoms with Gasteiger partial charge in [-0.2, -0.15) is 21.6 Å². The van der Waals surface area contributed by atoms with Crippen LogP contribution in [0.5, 0.6) is 0 Å². The molecule has 1 aromatic carbocycles. The maximum atomic E-state index is 12.9. The van der Waals surface area contributed by atoms with E-state index in [2.05, 4.69) is 4.74 Å². The average Bonchev–Trinajstić information content (AvgIpc) is 2.26. The van der Waals surface area contributed by atoms with Crippen molar-refractivity contribution in [3.05, 3.63) is 35.9 Å². The quantitative estimate of drug-likeness (QED) is 0.680. The third-order valence-electron chi connectivity index (χ3n) is 2.38. The molecule has 112 valence electrons. The van der Waals surface area contributed by atoms with Gasteiger partial charge in [-0.05, 0) is 19.1 Å². The van der Waals surface area contributed by atoms with E-state index in [0.29, 0.717) is 6.92 Å². The Bertz CT molecular complexity index is 582. The first-order valence-corrected chi connectivity index (χ1v) is 6.86. The van der Waals surface area contributed by atoms with Crippen LogP contribution >= 0.6 is 0 Å². The summed E-state index contributed by atoms with van der Waals surface area (Å²) < 4.78 is 72.8. The third-order valence-corrected chi connectivity index (χ3v) is 3.30. The molecular weight excluding hydrogens is 301 g/mol. The lowest BCUT2D eigenvalue weighted by molar-refractivity contribution is -0.243. The fourth-order valence-electron chi connectivity index (χ4n) is 1.35. The molecule has 0 aromatic heterocycles.